The van der Waals surface area contributed by atoms with Gasteiger partial charge in [0, 0.05) is 18.1 Å². The molecule has 1 unspecified atom stereocenters. The first kappa shape index (κ1) is 10.9. The molecular formula is C12H16ClNO. The molecule has 1 atom stereocenters. The second-order valence-electron chi connectivity index (χ2n) is 4.06. The van der Waals surface area contributed by atoms with Crippen molar-refractivity contribution in [3.63, 3.8) is 0 Å². The molecule has 0 radical (unpaired) electrons. The van der Waals surface area contributed by atoms with Gasteiger partial charge in [0.1, 0.15) is 0 Å². The average molecular weight is 226 g/mol. The van der Waals surface area contributed by atoms with E-state index in [1.54, 1.807) is 0 Å². The molecule has 0 amide bonds. The fraction of sp³-hybridized carbons (Fsp3) is 0.500. The molecular weight excluding hydrogens is 210 g/mol. The molecule has 1 aromatic rings. The molecule has 15 heavy (non-hydrogen) atoms. The summed E-state index contributed by atoms with van der Waals surface area (Å²) in [6, 6.07) is 8.11. The minimum absolute atomic E-state index is 0.257. The Balaban J connectivity index is 1.98. The Hall–Kier alpha value is -0.570. The maximum absolute atomic E-state index is 8.86. The Morgan fingerprint density at radius 2 is 2.07 bits per heavy atom. The maximum atomic E-state index is 8.86. The minimum Gasteiger partial charge on any atom is -0.395 e. The lowest BCUT2D eigenvalue weighted by molar-refractivity contribution is 0.220. The fourth-order valence-corrected chi connectivity index (χ4v) is 2.31. The smallest absolute Gasteiger partial charge is 0.0558 e. The van der Waals surface area contributed by atoms with Gasteiger partial charge in [0.15, 0.2) is 0 Å². The van der Waals surface area contributed by atoms with Crippen molar-refractivity contribution < 1.29 is 5.11 Å². The number of halogens is 1. The van der Waals surface area contributed by atoms with E-state index >= 15 is 0 Å². The molecule has 0 saturated carbocycles. The van der Waals surface area contributed by atoms with E-state index in [9.17, 15) is 0 Å². The molecule has 0 spiro atoms. The Labute approximate surface area is 95.5 Å². The summed E-state index contributed by atoms with van der Waals surface area (Å²) < 4.78 is 0. The van der Waals surface area contributed by atoms with Crippen molar-refractivity contribution in [2.24, 2.45) is 0 Å². The molecule has 1 aromatic carbocycles. The Kier molecular flexibility index (Phi) is 3.62. The van der Waals surface area contributed by atoms with Crippen LogP contribution in [0.25, 0.3) is 0 Å². The second kappa shape index (κ2) is 4.97. The molecule has 0 aliphatic carbocycles. The monoisotopic (exact) mass is 225 g/mol. The third kappa shape index (κ3) is 2.71. The molecule has 2 rings (SSSR count). The quantitative estimate of drug-likeness (QED) is 0.852. The highest BCUT2D eigenvalue weighted by Crippen LogP contribution is 2.27. The first-order chi connectivity index (χ1) is 7.29. The van der Waals surface area contributed by atoms with Crippen LogP contribution in [0, 0.1) is 0 Å². The largest absolute Gasteiger partial charge is 0.395 e. The van der Waals surface area contributed by atoms with Gasteiger partial charge in [-0.25, -0.2) is 0 Å². The third-order valence-corrected chi connectivity index (χ3v) is 3.28. The van der Waals surface area contributed by atoms with Crippen molar-refractivity contribution >= 4 is 11.6 Å². The molecule has 1 fully saturated rings. The molecule has 82 valence electrons. The number of nitrogens with zero attached hydrogens (tertiary/aromatic N) is 1. The lowest BCUT2D eigenvalue weighted by Crippen LogP contribution is -2.23. The van der Waals surface area contributed by atoms with Gasteiger partial charge in [-0.15, -0.1) is 0 Å². The normalized spacial score (nSPS) is 22.1. The topological polar surface area (TPSA) is 23.5 Å². The molecule has 1 saturated heterocycles. The molecule has 1 heterocycles. The second-order valence-corrected chi connectivity index (χ2v) is 4.50. The summed E-state index contributed by atoms with van der Waals surface area (Å²) in [4.78, 5) is 2.30. The van der Waals surface area contributed by atoms with Crippen LogP contribution >= 0.6 is 11.6 Å². The van der Waals surface area contributed by atoms with E-state index in [1.807, 2.05) is 12.1 Å². The van der Waals surface area contributed by atoms with Crippen LogP contribution < -0.4 is 0 Å². The minimum atomic E-state index is 0.257. The zero-order chi connectivity index (χ0) is 10.7. The highest BCUT2D eigenvalue weighted by atomic mass is 35.5. The summed E-state index contributed by atoms with van der Waals surface area (Å²) in [5.74, 6) is 0.605. The molecule has 0 aromatic heterocycles. The van der Waals surface area contributed by atoms with E-state index in [-0.39, 0.29) is 6.61 Å². The van der Waals surface area contributed by atoms with Gasteiger partial charge in [-0.2, -0.15) is 0 Å². The number of β-amino-alcohol motifs (C(OH)–C–C–N with tert-alkyl or cyclic N) is 1. The predicted molar refractivity (Wildman–Crippen MR) is 62.3 cm³/mol. The Bertz CT molecular complexity index is 312. The van der Waals surface area contributed by atoms with Gasteiger partial charge in [0.25, 0.3) is 0 Å². The van der Waals surface area contributed by atoms with Gasteiger partial charge in [-0.05, 0) is 36.6 Å². The van der Waals surface area contributed by atoms with E-state index in [0.29, 0.717) is 5.92 Å². The summed E-state index contributed by atoms with van der Waals surface area (Å²) in [7, 11) is 0. The molecule has 2 nitrogen and oxygen atoms in total. The highest BCUT2D eigenvalue weighted by Gasteiger charge is 2.22. The summed E-state index contributed by atoms with van der Waals surface area (Å²) in [5.41, 5.74) is 1.36. The van der Waals surface area contributed by atoms with Gasteiger partial charge < -0.3 is 10.0 Å². The summed E-state index contributed by atoms with van der Waals surface area (Å²) in [6.45, 7) is 3.20. The first-order valence-corrected chi connectivity index (χ1v) is 5.76. The SMILES string of the molecule is OCCN1CCC(c2ccc(Cl)cc2)C1. The van der Waals surface area contributed by atoms with E-state index in [4.69, 9.17) is 16.7 Å². The van der Waals surface area contributed by atoms with E-state index in [0.717, 1.165) is 24.7 Å². The number of hydrogen-bond donors (Lipinski definition) is 1. The maximum Gasteiger partial charge on any atom is 0.0558 e. The predicted octanol–water partition coefficient (Wildman–Crippen LogP) is 2.12. The first-order valence-electron chi connectivity index (χ1n) is 5.38. The standard InChI is InChI=1S/C12H16ClNO/c13-12-3-1-10(2-4-12)11-5-6-14(9-11)7-8-15/h1-4,11,15H,5-9H2. The van der Waals surface area contributed by atoms with Crippen LogP contribution in [0.1, 0.15) is 17.9 Å². The number of aliphatic hydroxyl groups is 1. The summed E-state index contributed by atoms with van der Waals surface area (Å²) in [6.07, 6.45) is 1.18. The number of rotatable bonds is 3. The van der Waals surface area contributed by atoms with Crippen molar-refractivity contribution in [3.8, 4) is 0 Å². The number of benzene rings is 1. The van der Waals surface area contributed by atoms with Crippen LogP contribution in [-0.2, 0) is 0 Å². The van der Waals surface area contributed by atoms with Crippen LogP contribution in [0.2, 0.25) is 5.02 Å². The van der Waals surface area contributed by atoms with Crippen molar-refractivity contribution in [3.05, 3.63) is 34.9 Å². The van der Waals surface area contributed by atoms with Gasteiger partial charge in [-0.3, -0.25) is 0 Å². The number of likely N-dealkylation sites (tertiary alicyclic amines) is 1. The lowest BCUT2D eigenvalue weighted by Gasteiger charge is -2.14. The van der Waals surface area contributed by atoms with Gasteiger partial charge >= 0.3 is 0 Å². The van der Waals surface area contributed by atoms with Crippen molar-refractivity contribution in [1.29, 1.82) is 0 Å². The average Bonchev–Trinajstić information content (AvgIpc) is 2.68. The molecule has 1 N–H and O–H groups in total. The van der Waals surface area contributed by atoms with E-state index in [2.05, 4.69) is 17.0 Å². The number of hydrogen-bond acceptors (Lipinski definition) is 2. The van der Waals surface area contributed by atoms with Crippen molar-refractivity contribution in [1.82, 2.24) is 4.90 Å². The van der Waals surface area contributed by atoms with Crippen molar-refractivity contribution in [2.45, 2.75) is 12.3 Å². The van der Waals surface area contributed by atoms with Crippen LogP contribution in [0.15, 0.2) is 24.3 Å². The highest BCUT2D eigenvalue weighted by molar-refractivity contribution is 6.30. The van der Waals surface area contributed by atoms with Gasteiger partial charge in [0.05, 0.1) is 6.61 Å². The van der Waals surface area contributed by atoms with E-state index in [1.165, 1.54) is 12.0 Å². The molecule has 3 heteroatoms. The van der Waals surface area contributed by atoms with Gasteiger partial charge in [0.2, 0.25) is 0 Å². The van der Waals surface area contributed by atoms with Crippen LogP contribution in [0.3, 0.4) is 0 Å². The number of aliphatic hydroxyl groups excluding tert-OH is 1. The summed E-state index contributed by atoms with van der Waals surface area (Å²) >= 11 is 5.85. The molecule has 0 bridgehead atoms. The van der Waals surface area contributed by atoms with Crippen molar-refractivity contribution in [2.75, 3.05) is 26.2 Å². The Morgan fingerprint density at radius 1 is 1.33 bits per heavy atom. The van der Waals surface area contributed by atoms with E-state index < -0.39 is 0 Å². The molecule has 1 aliphatic heterocycles. The van der Waals surface area contributed by atoms with Crippen LogP contribution in [0.4, 0.5) is 0 Å². The lowest BCUT2D eigenvalue weighted by atomic mass is 9.99. The van der Waals surface area contributed by atoms with Crippen LogP contribution in [-0.4, -0.2) is 36.2 Å². The molecule has 1 aliphatic rings. The Morgan fingerprint density at radius 3 is 2.73 bits per heavy atom. The van der Waals surface area contributed by atoms with Gasteiger partial charge in [-0.1, -0.05) is 23.7 Å². The zero-order valence-corrected chi connectivity index (χ0v) is 9.45. The van der Waals surface area contributed by atoms with Crippen LogP contribution in [0.5, 0.6) is 0 Å². The summed E-state index contributed by atoms with van der Waals surface area (Å²) in [5, 5.41) is 9.66. The fourth-order valence-electron chi connectivity index (χ4n) is 2.18. The third-order valence-electron chi connectivity index (χ3n) is 3.03. The zero-order valence-electron chi connectivity index (χ0n) is 8.69.